The first-order chi connectivity index (χ1) is 16.6. The summed E-state index contributed by atoms with van der Waals surface area (Å²) in [7, 11) is 0. The van der Waals surface area contributed by atoms with E-state index in [1.807, 2.05) is 32.0 Å². The van der Waals surface area contributed by atoms with Crippen molar-refractivity contribution in [1.29, 1.82) is 0 Å². The highest BCUT2D eigenvalue weighted by Crippen LogP contribution is 2.40. The molecule has 11 heteroatoms. The van der Waals surface area contributed by atoms with Crippen molar-refractivity contribution in [3.8, 4) is 39.5 Å². The van der Waals surface area contributed by atoms with E-state index in [0.717, 1.165) is 16.7 Å². The van der Waals surface area contributed by atoms with E-state index in [1.54, 1.807) is 24.3 Å². The summed E-state index contributed by atoms with van der Waals surface area (Å²) in [5.74, 6) is 0.599. The molecule has 0 aliphatic heterocycles. The first-order valence-corrected chi connectivity index (χ1v) is 11.5. The predicted octanol–water partition coefficient (Wildman–Crippen LogP) is 5.99. The number of aromatic nitrogens is 5. The molecule has 182 valence electrons. The van der Waals surface area contributed by atoms with Gasteiger partial charge >= 0.3 is 6.18 Å². The Morgan fingerprint density at radius 1 is 1.00 bits per heavy atom. The molecule has 4 aromatic rings. The van der Waals surface area contributed by atoms with Gasteiger partial charge in [0.15, 0.2) is 0 Å². The molecule has 2 aromatic carbocycles. The Morgan fingerprint density at radius 3 is 2.34 bits per heavy atom. The second kappa shape index (κ2) is 10.0. The number of tetrazole rings is 1. The predicted molar refractivity (Wildman–Crippen MR) is 129 cm³/mol. The van der Waals surface area contributed by atoms with Crippen LogP contribution in [0.1, 0.15) is 24.0 Å². The summed E-state index contributed by atoms with van der Waals surface area (Å²) in [5.41, 5.74) is 4.66. The fourth-order valence-corrected chi connectivity index (χ4v) is 4.36. The molecule has 0 bridgehead atoms. The number of halogens is 4. The van der Waals surface area contributed by atoms with Gasteiger partial charge in [-0.15, -0.1) is 10.2 Å². The summed E-state index contributed by atoms with van der Waals surface area (Å²) in [6.07, 6.45) is -5.22. The summed E-state index contributed by atoms with van der Waals surface area (Å²) in [5, 5.41) is 14.0. The molecule has 0 saturated heterocycles. The highest BCUT2D eigenvalue weighted by atomic mass is 79.9. The average Bonchev–Trinajstić information content (AvgIpc) is 3.34. The summed E-state index contributed by atoms with van der Waals surface area (Å²) in [4.78, 5) is 16.1. The number of H-pyrrole nitrogens is 2. The normalized spacial score (nSPS) is 11.6. The Bertz CT molecular complexity index is 1380. The van der Waals surface area contributed by atoms with Gasteiger partial charge in [0.2, 0.25) is 5.82 Å². The van der Waals surface area contributed by atoms with Crippen molar-refractivity contribution >= 4 is 15.9 Å². The zero-order valence-corrected chi connectivity index (χ0v) is 20.4. The molecule has 0 atom stereocenters. The number of aryl methyl sites for hydroxylation is 2. The minimum Gasteiger partial charge on any atom is -0.494 e. The van der Waals surface area contributed by atoms with Crippen molar-refractivity contribution < 1.29 is 17.9 Å². The summed E-state index contributed by atoms with van der Waals surface area (Å²) >= 11 is 3.66. The number of rotatable bonds is 7. The molecule has 0 radical (unpaired) electrons. The van der Waals surface area contributed by atoms with Crippen LogP contribution in [0.4, 0.5) is 13.2 Å². The molecule has 35 heavy (non-hydrogen) atoms. The Kier molecular flexibility index (Phi) is 7.06. The molecular formula is C24H21BrF3N5O2. The van der Waals surface area contributed by atoms with Crippen LogP contribution in [-0.4, -0.2) is 38.4 Å². The largest absolute Gasteiger partial charge is 0.494 e. The van der Waals surface area contributed by atoms with E-state index >= 15 is 0 Å². The number of hydrogen-bond donors (Lipinski definition) is 2. The zero-order chi connectivity index (χ0) is 25.2. The van der Waals surface area contributed by atoms with Crippen LogP contribution in [0.15, 0.2) is 51.7 Å². The number of alkyl halides is 3. The number of hydrogen-bond acceptors (Lipinski definition) is 5. The van der Waals surface area contributed by atoms with Gasteiger partial charge in [0.25, 0.3) is 5.56 Å². The molecule has 0 amide bonds. The lowest BCUT2D eigenvalue weighted by atomic mass is 9.95. The molecule has 4 rings (SSSR count). The minimum atomic E-state index is -4.20. The maximum Gasteiger partial charge on any atom is 0.389 e. The molecule has 7 nitrogen and oxygen atoms in total. The van der Waals surface area contributed by atoms with Gasteiger partial charge < -0.3 is 9.72 Å². The lowest BCUT2D eigenvalue weighted by Gasteiger charge is -2.15. The molecule has 0 saturated carbocycles. The third-order valence-electron chi connectivity index (χ3n) is 5.54. The standard InChI is InChI=1S/C24H21BrF3N5O2/c1-13-4-5-16(12-14(13)2)18-19(22-30-32-33-31-22)23(34)29-21(20(18)25)15-6-8-17(9-7-15)35-11-3-10-24(26,27)28/h4-9,12H,3,10-11H2,1-2H3,(H,29,34)(H,30,31,32,33). The molecule has 0 fully saturated rings. The van der Waals surface area contributed by atoms with E-state index in [2.05, 4.69) is 41.5 Å². The Labute approximate surface area is 206 Å². The number of benzene rings is 2. The first kappa shape index (κ1) is 24.6. The van der Waals surface area contributed by atoms with Crippen LogP contribution in [0.3, 0.4) is 0 Å². The van der Waals surface area contributed by atoms with Crippen molar-refractivity contribution in [2.24, 2.45) is 0 Å². The van der Waals surface area contributed by atoms with Crippen molar-refractivity contribution in [2.75, 3.05) is 6.61 Å². The maximum absolute atomic E-state index is 13.2. The third kappa shape index (κ3) is 5.61. The SMILES string of the molecule is Cc1ccc(-c2c(Br)c(-c3ccc(OCCCC(F)(F)F)cc3)[nH]c(=O)c2-c2nn[nH]n2)cc1C. The van der Waals surface area contributed by atoms with Crippen LogP contribution in [0.2, 0.25) is 0 Å². The fourth-order valence-electron chi connectivity index (χ4n) is 3.61. The van der Waals surface area contributed by atoms with Crippen molar-refractivity contribution in [2.45, 2.75) is 32.9 Å². The van der Waals surface area contributed by atoms with Gasteiger partial charge in [-0.1, -0.05) is 18.2 Å². The van der Waals surface area contributed by atoms with Gasteiger partial charge in [0.1, 0.15) is 5.75 Å². The summed E-state index contributed by atoms with van der Waals surface area (Å²) < 4.78 is 43.0. The molecule has 0 aliphatic carbocycles. The molecule has 0 spiro atoms. The van der Waals surface area contributed by atoms with Crippen LogP contribution in [0.25, 0.3) is 33.8 Å². The van der Waals surface area contributed by atoms with Crippen LogP contribution in [-0.2, 0) is 0 Å². The molecule has 2 N–H and O–H groups in total. The average molecular weight is 548 g/mol. The topological polar surface area (TPSA) is 96.5 Å². The van der Waals surface area contributed by atoms with E-state index in [9.17, 15) is 18.0 Å². The van der Waals surface area contributed by atoms with Gasteiger partial charge in [0, 0.05) is 12.0 Å². The lowest BCUT2D eigenvalue weighted by Crippen LogP contribution is -2.14. The minimum absolute atomic E-state index is 0.0459. The molecular weight excluding hydrogens is 527 g/mol. The maximum atomic E-state index is 13.2. The number of pyridine rings is 1. The van der Waals surface area contributed by atoms with E-state index in [4.69, 9.17) is 4.74 Å². The Balaban J connectivity index is 1.72. The van der Waals surface area contributed by atoms with Crippen LogP contribution < -0.4 is 10.3 Å². The Morgan fingerprint density at radius 2 is 1.71 bits per heavy atom. The van der Waals surface area contributed by atoms with E-state index in [-0.39, 0.29) is 24.4 Å². The first-order valence-electron chi connectivity index (χ1n) is 10.7. The highest BCUT2D eigenvalue weighted by molar-refractivity contribution is 9.10. The van der Waals surface area contributed by atoms with Gasteiger partial charge in [0.05, 0.1) is 22.3 Å². The lowest BCUT2D eigenvalue weighted by molar-refractivity contribution is -0.136. The van der Waals surface area contributed by atoms with Crippen molar-refractivity contribution in [3.05, 3.63) is 68.4 Å². The van der Waals surface area contributed by atoms with E-state index in [1.165, 1.54) is 0 Å². The van der Waals surface area contributed by atoms with Crippen LogP contribution >= 0.6 is 15.9 Å². The number of aromatic amines is 2. The molecule has 0 aliphatic rings. The molecule has 2 heterocycles. The molecule has 2 aromatic heterocycles. The number of ether oxygens (including phenoxy) is 1. The van der Waals surface area contributed by atoms with Crippen LogP contribution in [0.5, 0.6) is 5.75 Å². The second-order valence-corrected chi connectivity index (χ2v) is 8.81. The summed E-state index contributed by atoms with van der Waals surface area (Å²) in [6, 6.07) is 12.6. The number of nitrogens with zero attached hydrogens (tertiary/aromatic N) is 3. The highest BCUT2D eigenvalue weighted by Gasteiger charge is 2.26. The third-order valence-corrected chi connectivity index (χ3v) is 6.33. The second-order valence-electron chi connectivity index (χ2n) is 8.02. The quantitative estimate of drug-likeness (QED) is 0.277. The zero-order valence-electron chi connectivity index (χ0n) is 18.8. The van der Waals surface area contributed by atoms with E-state index < -0.39 is 18.2 Å². The van der Waals surface area contributed by atoms with Gasteiger partial charge in [-0.3, -0.25) is 4.79 Å². The van der Waals surface area contributed by atoms with Crippen molar-refractivity contribution in [1.82, 2.24) is 25.6 Å². The van der Waals surface area contributed by atoms with Crippen LogP contribution in [0, 0.1) is 13.8 Å². The number of nitrogens with one attached hydrogen (secondary N) is 2. The summed E-state index contributed by atoms with van der Waals surface area (Å²) in [6.45, 7) is 3.95. The molecule has 0 unspecified atom stereocenters. The van der Waals surface area contributed by atoms with Gasteiger partial charge in [-0.05, 0) is 87.9 Å². The van der Waals surface area contributed by atoms with Crippen molar-refractivity contribution in [3.63, 3.8) is 0 Å². The van der Waals surface area contributed by atoms with E-state index in [0.29, 0.717) is 27.0 Å². The monoisotopic (exact) mass is 547 g/mol. The van der Waals surface area contributed by atoms with Gasteiger partial charge in [-0.2, -0.15) is 18.4 Å². The van der Waals surface area contributed by atoms with Gasteiger partial charge in [-0.25, -0.2) is 0 Å². The fraction of sp³-hybridized carbons (Fsp3) is 0.250. The smallest absolute Gasteiger partial charge is 0.389 e. The Hall–Kier alpha value is -3.47.